The lowest BCUT2D eigenvalue weighted by atomic mass is 10.1. The number of pyridine rings is 1. The number of nitrogens with two attached hydrogens (primary N) is 1. The molecule has 8 heteroatoms. The fourth-order valence-corrected chi connectivity index (χ4v) is 1.71. The molecule has 0 unspecified atom stereocenters. The number of benzene rings is 1. The molecule has 0 bridgehead atoms. The Balaban J connectivity index is 2.81. The van der Waals surface area contributed by atoms with E-state index in [1.165, 1.54) is 12.1 Å². The second kappa shape index (κ2) is 4.41. The summed E-state index contributed by atoms with van der Waals surface area (Å²) in [6, 6.07) is 4.60. The van der Waals surface area contributed by atoms with Gasteiger partial charge in [-0.15, -0.1) is 0 Å². The largest absolute Gasteiger partial charge is 0.464 e. The zero-order chi connectivity index (χ0) is 14.2. The minimum absolute atomic E-state index is 0.0596. The van der Waals surface area contributed by atoms with Gasteiger partial charge in [0.15, 0.2) is 11.1 Å². The van der Waals surface area contributed by atoms with Crippen LogP contribution in [0, 0.1) is 10.1 Å². The second-order valence-electron chi connectivity index (χ2n) is 3.71. The zero-order valence-electron chi connectivity index (χ0n) is 9.82. The minimum atomic E-state index is -0.764. The van der Waals surface area contributed by atoms with Crippen LogP contribution in [0.1, 0.15) is 10.5 Å². The van der Waals surface area contributed by atoms with Gasteiger partial charge in [-0.3, -0.25) is 19.6 Å². The molecule has 1 aromatic heterocycles. The molecule has 0 saturated carbocycles. The van der Waals surface area contributed by atoms with E-state index in [1.54, 1.807) is 0 Å². The molecular weight excluding hydrogens is 254 g/mol. The van der Waals surface area contributed by atoms with E-state index in [2.05, 4.69) is 4.74 Å². The monoisotopic (exact) mass is 263 g/mol. The van der Waals surface area contributed by atoms with Crippen LogP contribution in [-0.2, 0) is 4.74 Å². The van der Waals surface area contributed by atoms with E-state index in [1.807, 2.05) is 0 Å². The Labute approximate surface area is 106 Å². The van der Waals surface area contributed by atoms with E-state index >= 15 is 0 Å². The molecule has 0 aliphatic rings. The first kappa shape index (κ1) is 12.6. The number of non-ortho nitro benzene ring substituents is 1. The van der Waals surface area contributed by atoms with Crippen LogP contribution in [-0.4, -0.2) is 22.7 Å². The summed E-state index contributed by atoms with van der Waals surface area (Å²) in [4.78, 5) is 33.3. The maximum atomic E-state index is 11.8. The van der Waals surface area contributed by atoms with Gasteiger partial charge < -0.3 is 10.6 Å². The first-order valence-electron chi connectivity index (χ1n) is 5.13. The average molecular weight is 263 g/mol. The number of fused-ring (bicyclic) bond motifs is 1. The summed E-state index contributed by atoms with van der Waals surface area (Å²) in [7, 11) is 1.16. The molecule has 0 atom stereocenters. The van der Waals surface area contributed by atoms with E-state index < -0.39 is 16.3 Å². The van der Waals surface area contributed by atoms with Crippen LogP contribution in [0.3, 0.4) is 0 Å². The second-order valence-corrected chi connectivity index (χ2v) is 3.71. The Kier molecular flexibility index (Phi) is 2.91. The van der Waals surface area contributed by atoms with Crippen LogP contribution in [0.25, 0.3) is 10.9 Å². The first-order chi connectivity index (χ1) is 8.95. The average Bonchev–Trinajstić information content (AvgIpc) is 2.41. The number of carbonyl (C=O) groups is 1. The third kappa shape index (κ3) is 1.99. The standard InChI is InChI=1S/C11H9N3O5/c1-19-11(16)9-5-10(15)7-4-6(14(17)18)2-3-8(7)13(9)12/h2-5H,12H2,1H3. The Bertz CT molecular complexity index is 750. The van der Waals surface area contributed by atoms with Gasteiger partial charge >= 0.3 is 5.97 Å². The Morgan fingerprint density at radius 3 is 2.68 bits per heavy atom. The summed E-state index contributed by atoms with van der Waals surface area (Å²) >= 11 is 0. The fourth-order valence-electron chi connectivity index (χ4n) is 1.71. The van der Waals surface area contributed by atoms with Gasteiger partial charge in [-0.05, 0) is 6.07 Å². The van der Waals surface area contributed by atoms with Crippen molar-refractivity contribution in [3.8, 4) is 0 Å². The molecule has 2 rings (SSSR count). The van der Waals surface area contributed by atoms with Gasteiger partial charge in [0, 0.05) is 18.2 Å². The lowest BCUT2D eigenvalue weighted by molar-refractivity contribution is -0.384. The number of aromatic nitrogens is 1. The Morgan fingerprint density at radius 1 is 1.42 bits per heavy atom. The van der Waals surface area contributed by atoms with E-state index in [-0.39, 0.29) is 22.3 Å². The molecule has 2 aromatic rings. The maximum Gasteiger partial charge on any atom is 0.356 e. The summed E-state index contributed by atoms with van der Waals surface area (Å²) < 4.78 is 5.46. The van der Waals surface area contributed by atoms with Crippen molar-refractivity contribution in [2.45, 2.75) is 0 Å². The predicted molar refractivity (Wildman–Crippen MR) is 66.4 cm³/mol. The molecule has 0 radical (unpaired) electrons. The number of nitrogen functional groups attached to an aromatic ring is 1. The number of carbonyl (C=O) groups excluding carboxylic acids is 1. The van der Waals surface area contributed by atoms with E-state index in [0.29, 0.717) is 0 Å². The highest BCUT2D eigenvalue weighted by atomic mass is 16.6. The van der Waals surface area contributed by atoms with Crippen LogP contribution in [0.2, 0.25) is 0 Å². The van der Waals surface area contributed by atoms with Crippen LogP contribution < -0.4 is 11.3 Å². The number of nitrogens with zero attached hydrogens (tertiary/aromatic N) is 2. The van der Waals surface area contributed by atoms with Crippen molar-refractivity contribution < 1.29 is 14.5 Å². The van der Waals surface area contributed by atoms with Crippen LogP contribution in [0.5, 0.6) is 0 Å². The van der Waals surface area contributed by atoms with Gasteiger partial charge in [-0.25, -0.2) is 4.79 Å². The van der Waals surface area contributed by atoms with Crippen molar-refractivity contribution >= 4 is 22.6 Å². The topological polar surface area (TPSA) is 117 Å². The van der Waals surface area contributed by atoms with E-state index in [9.17, 15) is 19.7 Å². The summed E-state index contributed by atoms with van der Waals surface area (Å²) in [5, 5.41) is 10.7. The third-order valence-corrected chi connectivity index (χ3v) is 2.64. The van der Waals surface area contributed by atoms with Gasteiger partial charge in [0.2, 0.25) is 0 Å². The minimum Gasteiger partial charge on any atom is -0.464 e. The number of rotatable bonds is 2. The van der Waals surface area contributed by atoms with Crippen molar-refractivity contribution in [2.24, 2.45) is 0 Å². The van der Waals surface area contributed by atoms with Crippen molar-refractivity contribution in [2.75, 3.05) is 13.0 Å². The van der Waals surface area contributed by atoms with Crippen molar-refractivity contribution in [1.29, 1.82) is 0 Å². The predicted octanol–water partition coefficient (Wildman–Crippen LogP) is 0.410. The molecule has 98 valence electrons. The van der Waals surface area contributed by atoms with E-state index in [4.69, 9.17) is 5.84 Å². The summed E-state index contributed by atoms with van der Waals surface area (Å²) in [5.74, 6) is 4.93. The van der Waals surface area contributed by atoms with Crippen molar-refractivity contribution in [1.82, 2.24) is 4.68 Å². The van der Waals surface area contributed by atoms with Crippen LogP contribution in [0.15, 0.2) is 29.1 Å². The number of hydrogen-bond acceptors (Lipinski definition) is 6. The molecule has 0 aliphatic heterocycles. The highest BCUT2D eigenvalue weighted by Crippen LogP contribution is 2.18. The summed E-state index contributed by atoms with van der Waals surface area (Å²) in [6.45, 7) is 0. The smallest absolute Gasteiger partial charge is 0.356 e. The quantitative estimate of drug-likeness (QED) is 0.363. The number of methoxy groups -OCH3 is 1. The summed E-state index contributed by atoms with van der Waals surface area (Å²) in [6.07, 6.45) is 0. The fraction of sp³-hybridized carbons (Fsp3) is 0.0909. The molecule has 0 amide bonds. The molecule has 19 heavy (non-hydrogen) atoms. The molecule has 2 N–H and O–H groups in total. The molecule has 8 nitrogen and oxygen atoms in total. The molecule has 0 aliphatic carbocycles. The number of esters is 1. The highest BCUT2D eigenvalue weighted by molar-refractivity contribution is 5.92. The van der Waals surface area contributed by atoms with Crippen molar-refractivity contribution in [3.63, 3.8) is 0 Å². The van der Waals surface area contributed by atoms with E-state index in [0.717, 1.165) is 23.9 Å². The Hall–Kier alpha value is -2.90. The number of ether oxygens (including phenoxy) is 1. The highest BCUT2D eigenvalue weighted by Gasteiger charge is 2.16. The van der Waals surface area contributed by atoms with Gasteiger partial charge in [0.1, 0.15) is 0 Å². The van der Waals surface area contributed by atoms with Gasteiger partial charge in [0.05, 0.1) is 22.9 Å². The third-order valence-electron chi connectivity index (χ3n) is 2.64. The van der Waals surface area contributed by atoms with Gasteiger partial charge in [0.25, 0.3) is 5.69 Å². The molecule has 0 fully saturated rings. The van der Waals surface area contributed by atoms with Gasteiger partial charge in [-0.1, -0.05) is 0 Å². The number of nitro groups is 1. The lowest BCUT2D eigenvalue weighted by Crippen LogP contribution is -2.24. The number of nitro benzene ring substituents is 1. The lowest BCUT2D eigenvalue weighted by Gasteiger charge is -2.09. The summed E-state index contributed by atoms with van der Waals surface area (Å²) in [5.41, 5.74) is -0.691. The molecular formula is C11H9N3O5. The van der Waals surface area contributed by atoms with Gasteiger partial charge in [-0.2, -0.15) is 0 Å². The first-order valence-corrected chi connectivity index (χ1v) is 5.13. The Morgan fingerprint density at radius 2 is 2.11 bits per heavy atom. The molecule has 0 spiro atoms. The van der Waals surface area contributed by atoms with Crippen LogP contribution >= 0.6 is 0 Å². The van der Waals surface area contributed by atoms with Crippen molar-refractivity contribution in [3.05, 3.63) is 50.3 Å². The SMILES string of the molecule is COC(=O)c1cc(=O)c2cc([N+](=O)[O-])ccc2n1N. The molecule has 0 saturated heterocycles. The normalized spacial score (nSPS) is 10.4. The van der Waals surface area contributed by atoms with Crippen LogP contribution in [0.4, 0.5) is 5.69 Å². The zero-order valence-corrected chi connectivity index (χ0v) is 9.82. The number of hydrogen-bond donors (Lipinski definition) is 1. The molecule has 1 aromatic carbocycles. The molecule has 1 heterocycles. The maximum absolute atomic E-state index is 11.8.